The quantitative estimate of drug-likeness (QED) is 0.453. The normalized spacial score (nSPS) is 13.1. The van der Waals surface area contributed by atoms with E-state index < -0.39 is 22.5 Å². The molecule has 0 aliphatic carbocycles. The van der Waals surface area contributed by atoms with E-state index in [0.29, 0.717) is 9.77 Å². The minimum absolute atomic E-state index is 0.130. The maximum Gasteiger partial charge on any atom is 0.417 e. The Balaban J connectivity index is 1.97. The van der Waals surface area contributed by atoms with E-state index in [1.54, 1.807) is 47.8 Å². The number of hydrogen-bond donors (Lipinski definition) is 1. The lowest BCUT2D eigenvalue weighted by Crippen LogP contribution is -2.07. The molecule has 0 fully saturated rings. The number of anilines is 1. The summed E-state index contributed by atoms with van der Waals surface area (Å²) in [4.78, 5) is 5.59. The van der Waals surface area contributed by atoms with Crippen LogP contribution in [-0.2, 0) is 17.0 Å². The molecule has 4 aromatic rings. The van der Waals surface area contributed by atoms with E-state index in [-0.39, 0.29) is 25.8 Å². The largest absolute Gasteiger partial charge is 0.417 e. The van der Waals surface area contributed by atoms with Crippen LogP contribution in [0.5, 0.6) is 0 Å². The summed E-state index contributed by atoms with van der Waals surface area (Å²) in [6, 6.07) is 13.0. The zero-order chi connectivity index (χ0) is 19.2. The number of halogens is 3. The van der Waals surface area contributed by atoms with Gasteiger partial charge in [-0.15, -0.1) is 22.7 Å². The summed E-state index contributed by atoms with van der Waals surface area (Å²) in [6.45, 7) is 0. The third-order valence-electron chi connectivity index (χ3n) is 3.87. The standard InChI is InChI=1S/C18H11F3N2OS3/c19-18(20,21)11-9-12(13-7-4-8-25-13)23-16-14(11)15(22)17(26-16)27(24)10-5-2-1-3-6-10/h1-9H,22H2/t27-/m0/s1. The number of thiophene rings is 2. The van der Waals surface area contributed by atoms with Crippen molar-refractivity contribution < 1.29 is 17.4 Å². The maximum atomic E-state index is 13.7. The second kappa shape index (κ2) is 6.74. The van der Waals surface area contributed by atoms with Crippen molar-refractivity contribution in [2.45, 2.75) is 15.3 Å². The molecule has 1 aromatic carbocycles. The minimum Gasteiger partial charge on any atom is -0.396 e. The number of benzene rings is 1. The van der Waals surface area contributed by atoms with E-state index in [1.807, 2.05) is 0 Å². The Kier molecular flexibility index (Phi) is 4.53. The molecule has 0 saturated heterocycles. The van der Waals surface area contributed by atoms with E-state index in [2.05, 4.69) is 4.98 Å². The van der Waals surface area contributed by atoms with Gasteiger partial charge in [0.25, 0.3) is 0 Å². The summed E-state index contributed by atoms with van der Waals surface area (Å²) in [5, 5.41) is 1.58. The van der Waals surface area contributed by atoms with Gasteiger partial charge < -0.3 is 5.73 Å². The van der Waals surface area contributed by atoms with E-state index in [0.717, 1.165) is 17.4 Å². The van der Waals surface area contributed by atoms with Gasteiger partial charge in [-0.1, -0.05) is 24.3 Å². The van der Waals surface area contributed by atoms with Gasteiger partial charge in [0.1, 0.15) is 9.04 Å². The molecule has 3 heterocycles. The molecule has 0 amide bonds. The zero-order valence-corrected chi connectivity index (χ0v) is 15.9. The molecular weight excluding hydrogens is 413 g/mol. The molecule has 0 spiro atoms. The number of nitrogens with two attached hydrogens (primary N) is 1. The first-order chi connectivity index (χ1) is 12.9. The van der Waals surface area contributed by atoms with Crippen LogP contribution in [0, 0.1) is 0 Å². The average molecular weight is 424 g/mol. The SMILES string of the molecule is Nc1c([S@@](=O)c2ccccc2)sc2nc(-c3cccs3)cc(C(F)(F)F)c12. The molecule has 0 bridgehead atoms. The molecule has 1 atom stereocenters. The summed E-state index contributed by atoms with van der Waals surface area (Å²) >= 11 is 2.24. The van der Waals surface area contributed by atoms with Gasteiger partial charge in [0.05, 0.1) is 32.6 Å². The predicted molar refractivity (Wildman–Crippen MR) is 103 cm³/mol. The fraction of sp³-hybridized carbons (Fsp3) is 0.0556. The Bertz CT molecular complexity index is 1140. The van der Waals surface area contributed by atoms with Gasteiger partial charge in [-0.2, -0.15) is 13.2 Å². The molecule has 0 aliphatic rings. The summed E-state index contributed by atoms with van der Waals surface area (Å²) in [7, 11) is -1.68. The Hall–Kier alpha value is -2.23. The fourth-order valence-corrected chi connectivity index (χ4v) is 5.95. The number of fused-ring (bicyclic) bond motifs is 1. The first kappa shape index (κ1) is 18.1. The molecule has 0 radical (unpaired) electrons. The molecule has 0 saturated carbocycles. The molecule has 3 aromatic heterocycles. The van der Waals surface area contributed by atoms with Crippen molar-refractivity contribution in [2.24, 2.45) is 0 Å². The fourth-order valence-electron chi connectivity index (χ4n) is 2.66. The van der Waals surface area contributed by atoms with Gasteiger partial charge in [0.15, 0.2) is 0 Å². The Morgan fingerprint density at radius 3 is 2.44 bits per heavy atom. The van der Waals surface area contributed by atoms with Crippen LogP contribution in [0.4, 0.5) is 18.9 Å². The van der Waals surface area contributed by atoms with Crippen LogP contribution >= 0.6 is 22.7 Å². The molecule has 9 heteroatoms. The maximum absolute atomic E-state index is 13.7. The first-order valence-corrected chi connectivity index (χ1v) is 10.5. The van der Waals surface area contributed by atoms with Crippen molar-refractivity contribution in [3.05, 3.63) is 59.5 Å². The van der Waals surface area contributed by atoms with Gasteiger partial charge in [0, 0.05) is 10.3 Å². The highest BCUT2D eigenvalue weighted by Gasteiger charge is 2.36. The van der Waals surface area contributed by atoms with Crippen LogP contribution in [-0.4, -0.2) is 9.19 Å². The number of pyridine rings is 1. The van der Waals surface area contributed by atoms with E-state index in [1.165, 1.54) is 11.3 Å². The van der Waals surface area contributed by atoms with Crippen LogP contribution in [0.3, 0.4) is 0 Å². The van der Waals surface area contributed by atoms with E-state index in [9.17, 15) is 17.4 Å². The summed E-state index contributed by atoms with van der Waals surface area (Å²) < 4.78 is 54.1. The van der Waals surface area contributed by atoms with Crippen LogP contribution in [0.15, 0.2) is 63.0 Å². The third-order valence-corrected chi connectivity index (χ3v) is 7.62. The number of alkyl halides is 3. The summed E-state index contributed by atoms with van der Waals surface area (Å²) in [5.74, 6) is 0. The van der Waals surface area contributed by atoms with Crippen LogP contribution in [0.25, 0.3) is 20.8 Å². The smallest absolute Gasteiger partial charge is 0.396 e. The Morgan fingerprint density at radius 1 is 1.07 bits per heavy atom. The molecule has 4 rings (SSSR count). The number of aromatic nitrogens is 1. The Labute approximate surface area is 162 Å². The van der Waals surface area contributed by atoms with Crippen molar-refractivity contribution in [1.82, 2.24) is 4.98 Å². The van der Waals surface area contributed by atoms with Gasteiger partial charge in [-0.25, -0.2) is 9.19 Å². The lowest BCUT2D eigenvalue weighted by Gasteiger charge is -2.10. The molecule has 27 heavy (non-hydrogen) atoms. The van der Waals surface area contributed by atoms with Crippen molar-refractivity contribution in [1.29, 1.82) is 0 Å². The second-order valence-corrected chi connectivity index (χ2v) is 9.22. The highest BCUT2D eigenvalue weighted by Crippen LogP contribution is 2.45. The Morgan fingerprint density at radius 2 is 1.81 bits per heavy atom. The first-order valence-electron chi connectivity index (χ1n) is 7.67. The number of rotatable bonds is 3. The predicted octanol–water partition coefficient (Wildman–Crippen LogP) is 5.79. The van der Waals surface area contributed by atoms with Crippen LogP contribution < -0.4 is 5.73 Å². The second-order valence-electron chi connectivity index (χ2n) is 5.60. The molecule has 0 aliphatic heterocycles. The summed E-state index contributed by atoms with van der Waals surface area (Å²) in [6.07, 6.45) is -4.60. The average Bonchev–Trinajstić information content (AvgIpc) is 3.29. The lowest BCUT2D eigenvalue weighted by atomic mass is 10.1. The van der Waals surface area contributed by atoms with Gasteiger partial charge in [0.2, 0.25) is 0 Å². The molecule has 138 valence electrons. The highest BCUT2D eigenvalue weighted by molar-refractivity contribution is 7.87. The molecule has 0 unspecified atom stereocenters. The highest BCUT2D eigenvalue weighted by atomic mass is 32.2. The monoisotopic (exact) mass is 424 g/mol. The third kappa shape index (κ3) is 3.26. The number of nitrogens with zero attached hydrogens (tertiary/aromatic N) is 1. The molecular formula is C18H11F3N2OS3. The van der Waals surface area contributed by atoms with Crippen molar-refractivity contribution in [3.63, 3.8) is 0 Å². The van der Waals surface area contributed by atoms with Crippen molar-refractivity contribution in [2.75, 3.05) is 5.73 Å². The summed E-state index contributed by atoms with van der Waals surface area (Å²) in [5.41, 5.74) is 5.26. The number of hydrogen-bond acceptors (Lipinski definition) is 5. The van der Waals surface area contributed by atoms with Crippen LogP contribution in [0.2, 0.25) is 0 Å². The van der Waals surface area contributed by atoms with Gasteiger partial charge in [-0.05, 0) is 29.6 Å². The van der Waals surface area contributed by atoms with E-state index in [4.69, 9.17) is 5.73 Å². The minimum atomic E-state index is -4.60. The van der Waals surface area contributed by atoms with Gasteiger partial charge >= 0.3 is 6.18 Å². The zero-order valence-electron chi connectivity index (χ0n) is 13.5. The van der Waals surface area contributed by atoms with E-state index >= 15 is 0 Å². The molecule has 3 nitrogen and oxygen atoms in total. The van der Waals surface area contributed by atoms with Crippen LogP contribution in [0.1, 0.15) is 5.56 Å². The number of nitrogen functional groups attached to an aromatic ring is 1. The lowest BCUT2D eigenvalue weighted by molar-refractivity contribution is -0.136. The van der Waals surface area contributed by atoms with Crippen molar-refractivity contribution >= 4 is 49.4 Å². The van der Waals surface area contributed by atoms with Crippen molar-refractivity contribution in [3.8, 4) is 10.6 Å². The molecule has 2 N–H and O–H groups in total. The van der Waals surface area contributed by atoms with Gasteiger partial charge in [-0.3, -0.25) is 0 Å². The topological polar surface area (TPSA) is 56.0 Å².